The number of nitrogens with zero attached hydrogens (tertiary/aromatic N) is 4. The highest BCUT2D eigenvalue weighted by molar-refractivity contribution is 5.95. The quantitative estimate of drug-likeness (QED) is 0.582. The second kappa shape index (κ2) is 8.07. The first kappa shape index (κ1) is 20.4. The van der Waals surface area contributed by atoms with Gasteiger partial charge in [-0.05, 0) is 13.0 Å². The molecule has 0 amide bonds. The minimum atomic E-state index is -4.49. The Hall–Kier alpha value is -2.92. The SMILES string of the molecule is C[C@H](CN1CCOCC1)Nc1ncc(N)c(-c2c[nH]c3ncc(C(F)(F)F)cc23)n1. The highest BCUT2D eigenvalue weighted by atomic mass is 19.4. The second-order valence-corrected chi connectivity index (χ2v) is 7.28. The van der Waals surface area contributed by atoms with Crippen molar-refractivity contribution in [2.45, 2.75) is 19.1 Å². The van der Waals surface area contributed by atoms with Crippen LogP contribution in [-0.4, -0.2) is 63.7 Å². The number of H-pyrrole nitrogens is 1. The van der Waals surface area contributed by atoms with Crippen molar-refractivity contribution in [1.82, 2.24) is 24.8 Å². The van der Waals surface area contributed by atoms with Crippen LogP contribution in [0.15, 0.2) is 24.7 Å². The minimum Gasteiger partial charge on any atom is -0.396 e. The van der Waals surface area contributed by atoms with E-state index in [4.69, 9.17) is 10.5 Å². The van der Waals surface area contributed by atoms with Crippen LogP contribution in [0.4, 0.5) is 24.8 Å². The lowest BCUT2D eigenvalue weighted by molar-refractivity contribution is -0.137. The van der Waals surface area contributed by atoms with E-state index in [1.165, 1.54) is 6.20 Å². The van der Waals surface area contributed by atoms with Crippen molar-refractivity contribution in [3.05, 3.63) is 30.2 Å². The van der Waals surface area contributed by atoms with Gasteiger partial charge in [-0.15, -0.1) is 0 Å². The van der Waals surface area contributed by atoms with E-state index in [9.17, 15) is 13.2 Å². The Balaban J connectivity index is 1.60. The van der Waals surface area contributed by atoms with Gasteiger partial charge < -0.3 is 20.8 Å². The van der Waals surface area contributed by atoms with Gasteiger partial charge in [0, 0.05) is 49.0 Å². The number of anilines is 2. The Morgan fingerprint density at radius 1 is 1.27 bits per heavy atom. The number of aromatic nitrogens is 4. The van der Waals surface area contributed by atoms with Crippen LogP contribution in [0, 0.1) is 0 Å². The standard InChI is InChI=1S/C19H22F3N7O/c1-11(10-29-2-4-30-5-3-29)27-18-26-9-15(23)16(28-18)14-8-25-17-13(14)6-12(7-24-17)19(20,21)22/h6-9,11H,2-5,10,23H2,1H3,(H,24,25)(H,26,27,28)/t11-/m1/s1. The number of fused-ring (bicyclic) bond motifs is 1. The molecular formula is C19H22F3N7O. The average Bonchev–Trinajstić information content (AvgIpc) is 3.12. The summed E-state index contributed by atoms with van der Waals surface area (Å²) in [6.07, 6.45) is -0.690. The van der Waals surface area contributed by atoms with E-state index in [1.54, 1.807) is 6.20 Å². The lowest BCUT2D eigenvalue weighted by Gasteiger charge is -2.29. The predicted octanol–water partition coefficient (Wildman–Crippen LogP) is 2.75. The molecule has 4 heterocycles. The molecule has 160 valence electrons. The second-order valence-electron chi connectivity index (χ2n) is 7.28. The first-order valence-corrected chi connectivity index (χ1v) is 9.55. The van der Waals surface area contributed by atoms with Gasteiger partial charge in [-0.3, -0.25) is 4.90 Å². The summed E-state index contributed by atoms with van der Waals surface area (Å²) in [6, 6.07) is 1.10. The van der Waals surface area contributed by atoms with E-state index in [0.29, 0.717) is 41.5 Å². The Morgan fingerprint density at radius 2 is 2.03 bits per heavy atom. The number of hydrogen-bond donors (Lipinski definition) is 3. The first-order chi connectivity index (χ1) is 14.3. The molecule has 1 saturated heterocycles. The van der Waals surface area contributed by atoms with Gasteiger partial charge in [-0.25, -0.2) is 15.0 Å². The zero-order valence-corrected chi connectivity index (χ0v) is 16.3. The highest BCUT2D eigenvalue weighted by Crippen LogP contribution is 2.35. The summed E-state index contributed by atoms with van der Waals surface area (Å²) in [6.45, 7) is 5.96. The number of pyridine rings is 1. The molecule has 3 aromatic rings. The molecule has 1 aliphatic heterocycles. The fourth-order valence-electron chi connectivity index (χ4n) is 3.47. The van der Waals surface area contributed by atoms with Crippen LogP contribution in [-0.2, 0) is 10.9 Å². The highest BCUT2D eigenvalue weighted by Gasteiger charge is 2.31. The van der Waals surface area contributed by atoms with Crippen molar-refractivity contribution in [1.29, 1.82) is 0 Å². The Kier molecular flexibility index (Phi) is 5.48. The van der Waals surface area contributed by atoms with E-state index in [0.717, 1.165) is 31.9 Å². The third kappa shape index (κ3) is 4.31. The first-order valence-electron chi connectivity index (χ1n) is 9.55. The number of nitrogen functional groups attached to an aromatic ring is 1. The average molecular weight is 421 g/mol. The van der Waals surface area contributed by atoms with Crippen LogP contribution in [0.5, 0.6) is 0 Å². The smallest absolute Gasteiger partial charge is 0.396 e. The number of rotatable bonds is 5. The topological polar surface area (TPSA) is 105 Å². The van der Waals surface area contributed by atoms with Crippen molar-refractivity contribution in [2.75, 3.05) is 43.9 Å². The van der Waals surface area contributed by atoms with Gasteiger partial charge in [0.1, 0.15) is 11.3 Å². The van der Waals surface area contributed by atoms with Gasteiger partial charge >= 0.3 is 6.18 Å². The van der Waals surface area contributed by atoms with Crippen LogP contribution in [0.25, 0.3) is 22.3 Å². The molecule has 0 aromatic carbocycles. The van der Waals surface area contributed by atoms with Crippen molar-refractivity contribution in [3.63, 3.8) is 0 Å². The van der Waals surface area contributed by atoms with E-state index in [1.807, 2.05) is 6.92 Å². The fraction of sp³-hybridized carbons (Fsp3) is 0.421. The number of nitrogens with one attached hydrogen (secondary N) is 2. The molecule has 3 aromatic heterocycles. The normalized spacial score (nSPS) is 16.7. The van der Waals surface area contributed by atoms with E-state index in [-0.39, 0.29) is 11.7 Å². The summed E-state index contributed by atoms with van der Waals surface area (Å²) in [5.41, 5.74) is 6.58. The van der Waals surface area contributed by atoms with Crippen LogP contribution in [0.1, 0.15) is 12.5 Å². The molecule has 1 fully saturated rings. The molecule has 8 nitrogen and oxygen atoms in total. The molecule has 0 radical (unpaired) electrons. The number of aromatic amines is 1. The molecule has 4 N–H and O–H groups in total. The third-order valence-corrected chi connectivity index (χ3v) is 4.94. The molecule has 0 bridgehead atoms. The molecule has 30 heavy (non-hydrogen) atoms. The van der Waals surface area contributed by atoms with E-state index < -0.39 is 11.7 Å². The number of morpholine rings is 1. The number of nitrogens with two attached hydrogens (primary N) is 1. The molecule has 11 heteroatoms. The number of alkyl halides is 3. The van der Waals surface area contributed by atoms with Crippen molar-refractivity contribution < 1.29 is 17.9 Å². The fourth-order valence-corrected chi connectivity index (χ4v) is 3.47. The van der Waals surface area contributed by atoms with Gasteiger partial charge in [0.15, 0.2) is 0 Å². The predicted molar refractivity (Wildman–Crippen MR) is 107 cm³/mol. The molecule has 0 saturated carbocycles. The van der Waals surface area contributed by atoms with E-state index >= 15 is 0 Å². The largest absolute Gasteiger partial charge is 0.417 e. The van der Waals surface area contributed by atoms with Crippen LogP contribution in [0.3, 0.4) is 0 Å². The number of hydrogen-bond acceptors (Lipinski definition) is 7. The molecule has 0 unspecified atom stereocenters. The van der Waals surface area contributed by atoms with E-state index in [2.05, 4.69) is 30.2 Å². The summed E-state index contributed by atoms with van der Waals surface area (Å²) in [7, 11) is 0. The molecule has 1 aliphatic rings. The van der Waals surface area contributed by atoms with Gasteiger partial charge in [0.05, 0.1) is 30.7 Å². The molecule has 0 aliphatic carbocycles. The summed E-state index contributed by atoms with van der Waals surface area (Å²) in [4.78, 5) is 17.7. The van der Waals surface area contributed by atoms with Gasteiger partial charge in [0.25, 0.3) is 0 Å². The van der Waals surface area contributed by atoms with Gasteiger partial charge in [0.2, 0.25) is 5.95 Å². The molecule has 4 rings (SSSR count). The van der Waals surface area contributed by atoms with Gasteiger partial charge in [-0.1, -0.05) is 0 Å². The molecule has 1 atom stereocenters. The summed E-state index contributed by atoms with van der Waals surface area (Å²) >= 11 is 0. The van der Waals surface area contributed by atoms with Crippen molar-refractivity contribution >= 4 is 22.7 Å². The lowest BCUT2D eigenvalue weighted by atomic mass is 10.1. The summed E-state index contributed by atoms with van der Waals surface area (Å²) in [5.74, 6) is 0.356. The monoisotopic (exact) mass is 421 g/mol. The van der Waals surface area contributed by atoms with Gasteiger partial charge in [-0.2, -0.15) is 13.2 Å². The van der Waals surface area contributed by atoms with Crippen LogP contribution >= 0.6 is 0 Å². The zero-order chi connectivity index (χ0) is 21.3. The van der Waals surface area contributed by atoms with Crippen LogP contribution < -0.4 is 11.1 Å². The Bertz CT molecular complexity index is 1030. The molecule has 0 spiro atoms. The summed E-state index contributed by atoms with van der Waals surface area (Å²) < 4.78 is 44.7. The maximum absolute atomic E-state index is 13.1. The number of halogens is 3. The lowest BCUT2D eigenvalue weighted by Crippen LogP contribution is -2.42. The Morgan fingerprint density at radius 3 is 2.77 bits per heavy atom. The zero-order valence-electron chi connectivity index (χ0n) is 16.3. The molecular weight excluding hydrogens is 399 g/mol. The van der Waals surface area contributed by atoms with Crippen LogP contribution in [0.2, 0.25) is 0 Å². The minimum absolute atomic E-state index is 0.0565. The van der Waals surface area contributed by atoms with Crippen molar-refractivity contribution in [2.24, 2.45) is 0 Å². The Labute approximate surface area is 170 Å². The third-order valence-electron chi connectivity index (χ3n) is 4.94. The summed E-state index contributed by atoms with van der Waals surface area (Å²) in [5, 5.41) is 3.53. The maximum atomic E-state index is 13.1. The van der Waals surface area contributed by atoms with Crippen molar-refractivity contribution in [3.8, 4) is 11.3 Å². The maximum Gasteiger partial charge on any atom is 0.417 e. The number of ether oxygens (including phenoxy) is 1.